The molecule has 0 saturated carbocycles. The molecule has 0 radical (unpaired) electrons. The highest BCUT2D eigenvalue weighted by Gasteiger charge is 2.30. The predicted molar refractivity (Wildman–Crippen MR) is 400 cm³/mol. The molecule has 582 valence electrons. The van der Waals surface area contributed by atoms with E-state index in [1.165, 1.54) is 231 Å². The van der Waals surface area contributed by atoms with E-state index in [9.17, 15) is 43.2 Å². The third-order valence-electron chi connectivity index (χ3n) is 18.5. The molecule has 98 heavy (non-hydrogen) atoms. The third-order valence-corrected chi connectivity index (χ3v) is 20.4. The lowest BCUT2D eigenvalue weighted by atomic mass is 10.0. The van der Waals surface area contributed by atoms with Crippen LogP contribution in [-0.2, 0) is 65.4 Å². The Hall–Kier alpha value is -1.94. The summed E-state index contributed by atoms with van der Waals surface area (Å²) >= 11 is 0. The molecule has 0 aromatic heterocycles. The summed E-state index contributed by atoms with van der Waals surface area (Å²) in [6.45, 7) is 9.67. The van der Waals surface area contributed by atoms with Gasteiger partial charge >= 0.3 is 39.5 Å². The number of ether oxygens (including phenoxy) is 4. The summed E-state index contributed by atoms with van der Waals surface area (Å²) in [6, 6.07) is 0. The summed E-state index contributed by atoms with van der Waals surface area (Å²) in [7, 11) is -9.92. The molecule has 2 unspecified atom stereocenters. The monoisotopic (exact) mass is 1440 g/mol. The van der Waals surface area contributed by atoms with Crippen molar-refractivity contribution in [2.75, 3.05) is 39.6 Å². The minimum atomic E-state index is -4.96. The van der Waals surface area contributed by atoms with Gasteiger partial charge in [0.15, 0.2) is 12.2 Å². The molecule has 0 bridgehead atoms. The zero-order valence-electron chi connectivity index (χ0n) is 64.1. The Morgan fingerprint density at radius 1 is 0.276 bits per heavy atom. The summed E-state index contributed by atoms with van der Waals surface area (Å²) in [5, 5.41) is 10.6. The summed E-state index contributed by atoms with van der Waals surface area (Å²) in [6.07, 6.45) is 59.5. The molecule has 0 aliphatic heterocycles. The molecular weight excluding hydrogens is 1280 g/mol. The zero-order valence-corrected chi connectivity index (χ0v) is 65.9. The van der Waals surface area contributed by atoms with Crippen molar-refractivity contribution in [2.24, 2.45) is 11.8 Å². The molecule has 0 rings (SSSR count). The van der Waals surface area contributed by atoms with Crippen LogP contribution in [0.15, 0.2) is 0 Å². The molecule has 0 amide bonds. The number of phosphoric ester groups is 2. The maximum Gasteiger partial charge on any atom is 0.472 e. The molecule has 3 N–H and O–H groups in total. The van der Waals surface area contributed by atoms with E-state index >= 15 is 0 Å². The largest absolute Gasteiger partial charge is 0.472 e. The average molecular weight is 1440 g/mol. The minimum absolute atomic E-state index is 0.108. The van der Waals surface area contributed by atoms with Gasteiger partial charge in [0.05, 0.1) is 26.4 Å². The number of unbranched alkanes of at least 4 members (excludes halogenated alkanes) is 48. The smallest absolute Gasteiger partial charge is 0.462 e. The second-order valence-electron chi connectivity index (χ2n) is 29.4. The maximum absolute atomic E-state index is 13.1. The van der Waals surface area contributed by atoms with Crippen LogP contribution in [0.3, 0.4) is 0 Å². The first kappa shape index (κ1) is 96.1. The first-order valence-electron chi connectivity index (χ1n) is 41.0. The van der Waals surface area contributed by atoms with Gasteiger partial charge in [-0.1, -0.05) is 363 Å². The summed E-state index contributed by atoms with van der Waals surface area (Å²) in [5.41, 5.74) is 0. The number of hydrogen-bond acceptors (Lipinski definition) is 15. The van der Waals surface area contributed by atoms with Crippen LogP contribution in [0.4, 0.5) is 0 Å². The van der Waals surface area contributed by atoms with Crippen LogP contribution in [-0.4, -0.2) is 96.7 Å². The van der Waals surface area contributed by atoms with E-state index in [2.05, 4.69) is 41.5 Å². The van der Waals surface area contributed by atoms with Gasteiger partial charge in [0.1, 0.15) is 19.3 Å². The van der Waals surface area contributed by atoms with Gasteiger partial charge in [-0.25, -0.2) is 9.13 Å². The number of phosphoric acid groups is 2. The fourth-order valence-corrected chi connectivity index (χ4v) is 13.8. The number of esters is 4. The SMILES string of the molecule is CCCCCCCCCCCCCCCC(=O)O[C@H](COC(=O)CCCCCCCCCCCCC)COP(=O)(O)OC[C@H](O)COP(=O)(O)OC[C@@H](COC(=O)CCCCCCCCCCCCCCCCC(C)C)OC(=O)CCCCCCCCCCCCCCCCC(C)C. The molecule has 0 fully saturated rings. The fraction of sp³-hybridized carbons (Fsp3) is 0.949. The van der Waals surface area contributed by atoms with Crippen LogP contribution >= 0.6 is 15.6 Å². The molecule has 0 heterocycles. The Morgan fingerprint density at radius 3 is 0.694 bits per heavy atom. The van der Waals surface area contributed by atoms with E-state index in [-0.39, 0.29) is 25.7 Å². The van der Waals surface area contributed by atoms with Crippen LogP contribution in [0, 0.1) is 11.8 Å². The Kier molecular flexibility index (Phi) is 69.3. The lowest BCUT2D eigenvalue weighted by Gasteiger charge is -2.21. The standard InChI is InChI=1S/C79H154O17P2/c1-7-9-11-13-15-17-19-24-33-39-45-51-57-63-78(83)95-74(67-89-76(81)61-55-49-43-37-29-18-16-14-12-10-8-2)69-93-97(85,86)91-65-73(80)66-92-98(87,88)94-70-75(96-79(84)64-58-52-46-40-34-28-23-21-26-31-36-42-48-54-60-72(5)6)68-90-77(82)62-56-50-44-38-32-27-22-20-25-30-35-41-47-53-59-71(3)4/h71-75,80H,7-70H2,1-6H3,(H,85,86)(H,87,88)/t73-,74+,75+/m0/s1. The first-order valence-corrected chi connectivity index (χ1v) is 44.0. The molecule has 0 saturated heterocycles. The Labute approximate surface area is 600 Å². The Bertz CT molecular complexity index is 1890. The highest BCUT2D eigenvalue weighted by Crippen LogP contribution is 2.45. The van der Waals surface area contributed by atoms with Gasteiger partial charge in [-0.3, -0.25) is 37.3 Å². The quantitative estimate of drug-likeness (QED) is 0.0222. The summed E-state index contributed by atoms with van der Waals surface area (Å²) < 4.78 is 68.7. The van der Waals surface area contributed by atoms with Crippen molar-refractivity contribution >= 4 is 39.5 Å². The minimum Gasteiger partial charge on any atom is -0.462 e. The lowest BCUT2D eigenvalue weighted by Crippen LogP contribution is -2.30. The molecule has 0 aliphatic carbocycles. The van der Waals surface area contributed by atoms with Crippen LogP contribution in [0.25, 0.3) is 0 Å². The normalized spacial score (nSPS) is 13.9. The molecule has 0 spiro atoms. The van der Waals surface area contributed by atoms with Crippen LogP contribution in [0.5, 0.6) is 0 Å². The molecule has 0 aromatic rings. The molecule has 5 atom stereocenters. The first-order chi connectivity index (χ1) is 47.4. The zero-order chi connectivity index (χ0) is 72.1. The predicted octanol–water partition coefficient (Wildman–Crippen LogP) is 23.5. The van der Waals surface area contributed by atoms with Crippen LogP contribution in [0.2, 0.25) is 0 Å². The van der Waals surface area contributed by atoms with Crippen molar-refractivity contribution in [1.29, 1.82) is 0 Å². The van der Waals surface area contributed by atoms with Gasteiger partial charge in [-0.15, -0.1) is 0 Å². The van der Waals surface area contributed by atoms with Crippen molar-refractivity contribution in [3.05, 3.63) is 0 Å². The van der Waals surface area contributed by atoms with Gasteiger partial charge in [0.25, 0.3) is 0 Å². The van der Waals surface area contributed by atoms with Crippen molar-refractivity contribution in [3.8, 4) is 0 Å². The second kappa shape index (κ2) is 70.7. The Morgan fingerprint density at radius 2 is 0.469 bits per heavy atom. The van der Waals surface area contributed by atoms with Gasteiger partial charge in [-0.05, 0) is 37.5 Å². The third kappa shape index (κ3) is 72.4. The fourth-order valence-electron chi connectivity index (χ4n) is 12.2. The summed E-state index contributed by atoms with van der Waals surface area (Å²) in [4.78, 5) is 73.0. The van der Waals surface area contributed by atoms with Crippen molar-refractivity contribution in [3.63, 3.8) is 0 Å². The van der Waals surface area contributed by atoms with Crippen molar-refractivity contribution in [1.82, 2.24) is 0 Å². The van der Waals surface area contributed by atoms with Gasteiger partial charge in [-0.2, -0.15) is 0 Å². The van der Waals surface area contributed by atoms with E-state index in [4.69, 9.17) is 37.0 Å². The average Bonchev–Trinajstić information content (AvgIpc) is 1.01. The highest BCUT2D eigenvalue weighted by atomic mass is 31.2. The number of aliphatic hydroxyl groups excluding tert-OH is 1. The second-order valence-corrected chi connectivity index (χ2v) is 32.3. The summed E-state index contributed by atoms with van der Waals surface area (Å²) in [5.74, 6) is -0.514. The van der Waals surface area contributed by atoms with E-state index < -0.39 is 97.5 Å². The van der Waals surface area contributed by atoms with Gasteiger partial charge < -0.3 is 33.8 Å². The number of hydrogen-bond donors (Lipinski definition) is 3. The molecule has 0 aliphatic rings. The van der Waals surface area contributed by atoms with E-state index in [1.807, 2.05) is 0 Å². The van der Waals surface area contributed by atoms with Crippen LogP contribution in [0.1, 0.15) is 414 Å². The highest BCUT2D eigenvalue weighted by molar-refractivity contribution is 7.47. The Balaban J connectivity index is 5.25. The van der Waals surface area contributed by atoms with E-state index in [0.717, 1.165) is 102 Å². The molecular formula is C79H154O17P2. The van der Waals surface area contributed by atoms with Crippen molar-refractivity contribution in [2.45, 2.75) is 432 Å². The number of aliphatic hydroxyl groups is 1. The van der Waals surface area contributed by atoms with E-state index in [1.54, 1.807) is 0 Å². The van der Waals surface area contributed by atoms with Gasteiger partial charge in [0.2, 0.25) is 0 Å². The van der Waals surface area contributed by atoms with E-state index in [0.29, 0.717) is 25.7 Å². The molecule has 19 heteroatoms. The van der Waals surface area contributed by atoms with Gasteiger partial charge in [0, 0.05) is 25.7 Å². The number of rotatable bonds is 78. The number of carbonyl (C=O) groups is 4. The maximum atomic E-state index is 13.1. The molecule has 0 aromatic carbocycles. The lowest BCUT2D eigenvalue weighted by molar-refractivity contribution is -0.161. The van der Waals surface area contributed by atoms with Crippen LogP contribution < -0.4 is 0 Å². The topological polar surface area (TPSA) is 237 Å². The number of carbonyl (C=O) groups excluding carboxylic acids is 4. The van der Waals surface area contributed by atoms with Crippen molar-refractivity contribution < 1.29 is 80.2 Å². The molecule has 17 nitrogen and oxygen atoms in total.